The number of amides is 4. The third kappa shape index (κ3) is 8.27. The van der Waals surface area contributed by atoms with Crippen molar-refractivity contribution in [1.82, 2.24) is 21.3 Å². The van der Waals surface area contributed by atoms with Gasteiger partial charge < -0.3 is 21.3 Å². The van der Waals surface area contributed by atoms with Gasteiger partial charge in [-0.05, 0) is 169 Å². The summed E-state index contributed by atoms with van der Waals surface area (Å²) in [6, 6.07) is 22.5. The van der Waals surface area contributed by atoms with Crippen molar-refractivity contribution in [2.75, 3.05) is 13.1 Å². The molecule has 0 radical (unpaired) electrons. The maximum absolute atomic E-state index is 13.7. The van der Waals surface area contributed by atoms with Crippen molar-refractivity contribution in [3.8, 4) is 0 Å². The molecular weight excluding hydrogens is 737 g/mol. The maximum atomic E-state index is 13.7. The van der Waals surface area contributed by atoms with Crippen LogP contribution in [0, 0.1) is 22.7 Å². The van der Waals surface area contributed by atoms with Crippen molar-refractivity contribution in [3.05, 3.63) is 105 Å². The Balaban J connectivity index is 0.960. The molecule has 0 bridgehead atoms. The largest absolute Gasteiger partial charge is 0.338 e. The second kappa shape index (κ2) is 16.2. The zero-order valence-electron chi connectivity index (χ0n) is 39.4. The van der Waals surface area contributed by atoms with Crippen LogP contribution in [0.25, 0.3) is 0 Å². The summed E-state index contributed by atoms with van der Waals surface area (Å²) in [6.07, 6.45) is 11.6. The van der Waals surface area contributed by atoms with E-state index >= 15 is 0 Å². The molecule has 4 aliphatic carbocycles. The lowest BCUT2D eigenvalue weighted by atomic mass is 9.49. The summed E-state index contributed by atoms with van der Waals surface area (Å²) >= 11 is 0. The van der Waals surface area contributed by atoms with Crippen LogP contribution in [0.1, 0.15) is 191 Å². The van der Waals surface area contributed by atoms with Gasteiger partial charge in [-0.25, -0.2) is 9.59 Å². The molecule has 6 heteroatoms. The summed E-state index contributed by atoms with van der Waals surface area (Å²) in [5.74, 6) is 2.10. The van der Waals surface area contributed by atoms with Gasteiger partial charge in [0.15, 0.2) is 0 Å². The van der Waals surface area contributed by atoms with Crippen LogP contribution < -0.4 is 21.3 Å². The first-order valence-corrected chi connectivity index (χ1v) is 23.6. The monoisotopic (exact) mass is 815 g/mol. The lowest BCUT2D eigenvalue weighted by Gasteiger charge is -2.55. The highest BCUT2D eigenvalue weighted by molar-refractivity contribution is 5.76. The Kier molecular flexibility index (Phi) is 11.9. The van der Waals surface area contributed by atoms with Crippen molar-refractivity contribution >= 4 is 12.1 Å². The van der Waals surface area contributed by atoms with Crippen molar-refractivity contribution in [3.63, 3.8) is 0 Å². The van der Waals surface area contributed by atoms with E-state index in [2.05, 4.69) is 159 Å². The topological polar surface area (TPSA) is 82.3 Å². The van der Waals surface area contributed by atoms with E-state index in [1.54, 1.807) is 0 Å². The molecule has 0 saturated heterocycles. The van der Waals surface area contributed by atoms with E-state index in [0.29, 0.717) is 36.8 Å². The molecule has 7 rings (SSSR count). The molecule has 0 aliphatic heterocycles. The minimum atomic E-state index is -0.629. The minimum absolute atomic E-state index is 0.0205. The lowest BCUT2D eigenvalue weighted by Crippen LogP contribution is -2.55. The van der Waals surface area contributed by atoms with Crippen LogP contribution >= 0.6 is 0 Å². The maximum Gasteiger partial charge on any atom is 0.315 e. The Morgan fingerprint density at radius 1 is 0.600 bits per heavy atom. The zero-order valence-corrected chi connectivity index (χ0v) is 39.4. The van der Waals surface area contributed by atoms with E-state index in [4.69, 9.17) is 0 Å². The number of carbonyl (C=O) groups is 2. The Bertz CT molecular complexity index is 1940. The normalized spacial score (nSPS) is 28.8. The zero-order chi connectivity index (χ0) is 43.5. The molecular formula is C54H78N4O2. The fourth-order valence-corrected chi connectivity index (χ4v) is 13.1. The third-order valence-corrected chi connectivity index (χ3v) is 16.8. The smallest absolute Gasteiger partial charge is 0.315 e. The van der Waals surface area contributed by atoms with Gasteiger partial charge in [-0.3, -0.25) is 0 Å². The number of rotatable bonds is 10. The second-order valence-corrected chi connectivity index (χ2v) is 22.6. The minimum Gasteiger partial charge on any atom is -0.338 e. The molecule has 326 valence electrons. The average molecular weight is 815 g/mol. The molecule has 6 nitrogen and oxygen atoms in total. The highest BCUT2D eigenvalue weighted by Crippen LogP contribution is 2.58. The van der Waals surface area contributed by atoms with Crippen molar-refractivity contribution in [2.45, 2.75) is 181 Å². The number of carbonyl (C=O) groups excluding carboxylic acids is 2. The molecule has 6 atom stereocenters. The summed E-state index contributed by atoms with van der Waals surface area (Å²) in [5, 5.41) is 13.3. The predicted molar refractivity (Wildman–Crippen MR) is 249 cm³/mol. The SMILES string of the molecule is CC(C)c1ccc2c(c1)CCC1C(C)(CNC(=O)NC(C)(C)c3cccc(C(C)(C)NC(=O)NCC4(C)CCCC5(C)c6ccc(C(C)C)cc6CCC45)c3)CCCC21C. The van der Waals surface area contributed by atoms with Gasteiger partial charge in [-0.1, -0.05) is 129 Å². The quantitative estimate of drug-likeness (QED) is 0.164. The Labute approximate surface area is 363 Å². The second-order valence-electron chi connectivity index (χ2n) is 22.6. The van der Waals surface area contributed by atoms with E-state index in [1.807, 2.05) is 6.07 Å². The highest BCUT2D eigenvalue weighted by atomic mass is 16.2. The van der Waals surface area contributed by atoms with Gasteiger partial charge in [0.05, 0.1) is 11.1 Å². The lowest BCUT2D eigenvalue weighted by molar-refractivity contribution is 0.0276. The molecule has 3 aromatic rings. The molecule has 2 saturated carbocycles. The van der Waals surface area contributed by atoms with E-state index < -0.39 is 11.1 Å². The highest BCUT2D eigenvalue weighted by Gasteiger charge is 2.53. The van der Waals surface area contributed by atoms with Crippen LogP contribution in [0.15, 0.2) is 60.7 Å². The number of nitrogens with one attached hydrogen (secondary N) is 4. The first-order valence-electron chi connectivity index (χ1n) is 23.6. The van der Waals surface area contributed by atoms with Crippen LogP contribution in [0.4, 0.5) is 9.59 Å². The average Bonchev–Trinajstić information content (AvgIpc) is 3.18. The number of aryl methyl sites for hydroxylation is 2. The Morgan fingerprint density at radius 2 is 1.00 bits per heavy atom. The van der Waals surface area contributed by atoms with Gasteiger partial charge in [-0.15, -0.1) is 0 Å². The van der Waals surface area contributed by atoms with Crippen LogP contribution in [0.2, 0.25) is 0 Å². The number of hydrogen-bond acceptors (Lipinski definition) is 2. The van der Waals surface area contributed by atoms with E-state index in [-0.39, 0.29) is 33.7 Å². The van der Waals surface area contributed by atoms with Crippen LogP contribution in [-0.4, -0.2) is 25.2 Å². The number of urea groups is 2. The molecule has 0 aromatic heterocycles. The number of hydrogen-bond donors (Lipinski definition) is 4. The van der Waals surface area contributed by atoms with Crippen LogP contribution in [0.3, 0.4) is 0 Å². The van der Waals surface area contributed by atoms with Crippen LogP contribution in [-0.2, 0) is 34.7 Å². The summed E-state index contributed by atoms with van der Waals surface area (Å²) in [7, 11) is 0. The standard InChI is InChI=1S/C54H78N4O2/c1-35(2)37-18-22-43-39(30-37)20-24-45-51(9,26-14-28-53(43,45)11)33-55-47(59)57-49(5,6)41-16-13-17-42(32-41)50(7,8)58-48(60)56-34-52(10)27-15-29-54(12)44-23-19-38(36(3)4)31-40(44)21-25-46(52)54/h13,16-19,22-23,30-32,35-36,45-46H,14-15,20-21,24-29,33-34H2,1-12H3,(H2,55,57,59)(H2,56,58,60). The molecule has 0 heterocycles. The van der Waals surface area contributed by atoms with E-state index in [0.717, 1.165) is 36.8 Å². The summed E-state index contributed by atoms with van der Waals surface area (Å²) in [6.45, 7) is 28.5. The van der Waals surface area contributed by atoms with Gasteiger partial charge in [0, 0.05) is 13.1 Å². The number of fused-ring (bicyclic) bond motifs is 6. The van der Waals surface area contributed by atoms with Gasteiger partial charge in [-0.2, -0.15) is 0 Å². The fraction of sp³-hybridized carbons (Fsp3) is 0.630. The van der Waals surface area contributed by atoms with E-state index in [9.17, 15) is 9.59 Å². The molecule has 4 amide bonds. The molecule has 2 fully saturated rings. The van der Waals surface area contributed by atoms with Gasteiger partial charge in [0.25, 0.3) is 0 Å². The summed E-state index contributed by atoms with van der Waals surface area (Å²) < 4.78 is 0. The van der Waals surface area contributed by atoms with Crippen molar-refractivity contribution in [1.29, 1.82) is 0 Å². The molecule has 6 unspecified atom stereocenters. The first kappa shape index (κ1) is 44.3. The van der Waals surface area contributed by atoms with E-state index in [1.165, 1.54) is 71.9 Å². The molecule has 4 N–H and O–H groups in total. The summed E-state index contributed by atoms with van der Waals surface area (Å²) in [5.41, 5.74) is 10.0. The van der Waals surface area contributed by atoms with Gasteiger partial charge >= 0.3 is 12.1 Å². The third-order valence-electron chi connectivity index (χ3n) is 16.8. The number of benzene rings is 3. The van der Waals surface area contributed by atoms with Crippen molar-refractivity contribution < 1.29 is 9.59 Å². The van der Waals surface area contributed by atoms with Gasteiger partial charge in [0.1, 0.15) is 0 Å². The summed E-state index contributed by atoms with van der Waals surface area (Å²) in [4.78, 5) is 27.5. The fourth-order valence-electron chi connectivity index (χ4n) is 13.1. The Hall–Kier alpha value is -3.80. The first-order chi connectivity index (χ1) is 28.1. The molecule has 4 aliphatic rings. The Morgan fingerprint density at radius 3 is 1.38 bits per heavy atom. The molecule has 0 spiro atoms. The predicted octanol–water partition coefficient (Wildman–Crippen LogP) is 12.4. The van der Waals surface area contributed by atoms with Gasteiger partial charge in [0.2, 0.25) is 0 Å². The van der Waals surface area contributed by atoms with Crippen LogP contribution in [0.5, 0.6) is 0 Å². The molecule has 60 heavy (non-hydrogen) atoms. The molecule has 3 aromatic carbocycles. The van der Waals surface area contributed by atoms with Crippen molar-refractivity contribution in [2.24, 2.45) is 22.7 Å².